The minimum absolute atomic E-state index is 0.0225. The first-order valence-electron chi connectivity index (χ1n) is 7.10. The lowest BCUT2D eigenvalue weighted by atomic mass is 10.1. The molecule has 0 saturated carbocycles. The summed E-state index contributed by atoms with van der Waals surface area (Å²) in [6.45, 7) is 4.05. The molecular weight excluding hydrogens is 259 g/mol. The average molecular weight is 282 g/mol. The number of rotatable bonds is 7. The lowest BCUT2D eigenvalue weighted by Gasteiger charge is -2.25. The molecule has 112 valence electrons. The van der Waals surface area contributed by atoms with Crippen LogP contribution in [0.25, 0.3) is 0 Å². The van der Waals surface area contributed by atoms with Gasteiger partial charge in [0.15, 0.2) is 0 Å². The number of halogens is 1. The van der Waals surface area contributed by atoms with Crippen molar-refractivity contribution in [2.45, 2.75) is 25.4 Å². The molecule has 1 unspecified atom stereocenters. The van der Waals surface area contributed by atoms with Crippen molar-refractivity contribution in [3.8, 4) is 5.75 Å². The third-order valence-electron chi connectivity index (χ3n) is 3.60. The molecular formula is C15H23FN2O2. The Morgan fingerprint density at radius 2 is 2.30 bits per heavy atom. The third-order valence-corrected chi connectivity index (χ3v) is 3.60. The van der Waals surface area contributed by atoms with Crippen LogP contribution in [0.1, 0.15) is 18.4 Å². The first-order chi connectivity index (χ1) is 9.67. The molecule has 2 rings (SSSR count). The second kappa shape index (κ2) is 7.57. The highest BCUT2D eigenvalue weighted by Gasteiger charge is 2.18. The van der Waals surface area contributed by atoms with E-state index < -0.39 is 5.82 Å². The summed E-state index contributed by atoms with van der Waals surface area (Å²) in [6.07, 6.45) is 2.39. The standard InChI is InChI=1S/C15H23FN2O2/c1-20-6-5-18(11-14-3-2-4-17-14)10-12-7-13(16)9-15(19)8-12/h7-9,14,17,19H,2-6,10-11H2,1H3. The van der Waals surface area contributed by atoms with Crippen LogP contribution in [0.3, 0.4) is 0 Å². The SMILES string of the molecule is COCCN(Cc1cc(O)cc(F)c1)CC1CCCN1. The molecule has 1 aliphatic heterocycles. The Kier molecular flexibility index (Phi) is 5.76. The summed E-state index contributed by atoms with van der Waals surface area (Å²) in [4.78, 5) is 2.24. The van der Waals surface area contributed by atoms with Crippen molar-refractivity contribution in [3.05, 3.63) is 29.6 Å². The normalized spacial score (nSPS) is 18.9. The van der Waals surface area contributed by atoms with Crippen LogP contribution >= 0.6 is 0 Å². The van der Waals surface area contributed by atoms with E-state index in [0.717, 1.165) is 31.3 Å². The fourth-order valence-electron chi connectivity index (χ4n) is 2.66. The monoisotopic (exact) mass is 282 g/mol. The van der Waals surface area contributed by atoms with Crippen molar-refractivity contribution in [3.63, 3.8) is 0 Å². The molecule has 1 aromatic carbocycles. The predicted molar refractivity (Wildman–Crippen MR) is 76.2 cm³/mol. The Bertz CT molecular complexity index is 402. The summed E-state index contributed by atoms with van der Waals surface area (Å²) in [5, 5.41) is 12.9. The molecule has 0 radical (unpaired) electrons. The molecule has 0 aliphatic carbocycles. The van der Waals surface area contributed by atoms with E-state index in [0.29, 0.717) is 19.2 Å². The Balaban J connectivity index is 1.97. The maximum atomic E-state index is 13.3. The minimum Gasteiger partial charge on any atom is -0.508 e. The Labute approximate surface area is 119 Å². The van der Waals surface area contributed by atoms with E-state index in [2.05, 4.69) is 10.2 Å². The van der Waals surface area contributed by atoms with Crippen LogP contribution < -0.4 is 5.32 Å². The number of aromatic hydroxyl groups is 1. The van der Waals surface area contributed by atoms with E-state index in [4.69, 9.17) is 4.74 Å². The van der Waals surface area contributed by atoms with Crippen LogP contribution in [0.4, 0.5) is 4.39 Å². The van der Waals surface area contributed by atoms with Gasteiger partial charge in [0.25, 0.3) is 0 Å². The van der Waals surface area contributed by atoms with Gasteiger partial charge in [-0.1, -0.05) is 0 Å². The fourth-order valence-corrected chi connectivity index (χ4v) is 2.66. The lowest BCUT2D eigenvalue weighted by molar-refractivity contribution is 0.138. The third kappa shape index (κ3) is 4.74. The van der Waals surface area contributed by atoms with Crippen molar-refractivity contribution in [2.75, 3.05) is 33.4 Å². The van der Waals surface area contributed by atoms with E-state index >= 15 is 0 Å². The smallest absolute Gasteiger partial charge is 0.127 e. The summed E-state index contributed by atoms with van der Waals surface area (Å²) >= 11 is 0. The first-order valence-corrected chi connectivity index (χ1v) is 7.10. The van der Waals surface area contributed by atoms with Crippen LogP contribution in [-0.4, -0.2) is 49.4 Å². The van der Waals surface area contributed by atoms with Crippen LogP contribution in [0.15, 0.2) is 18.2 Å². The van der Waals surface area contributed by atoms with Gasteiger partial charge in [-0.25, -0.2) is 4.39 Å². The fraction of sp³-hybridized carbons (Fsp3) is 0.600. The topological polar surface area (TPSA) is 44.7 Å². The molecule has 1 atom stereocenters. The molecule has 1 aliphatic rings. The number of ether oxygens (including phenoxy) is 1. The predicted octanol–water partition coefficient (Wildman–Crippen LogP) is 1.73. The van der Waals surface area contributed by atoms with Gasteiger partial charge in [-0.3, -0.25) is 4.90 Å². The molecule has 0 aromatic heterocycles. The molecule has 0 amide bonds. The Hall–Kier alpha value is -1.17. The van der Waals surface area contributed by atoms with Crippen LogP contribution in [0.5, 0.6) is 5.75 Å². The second-order valence-electron chi connectivity index (χ2n) is 5.34. The van der Waals surface area contributed by atoms with Crippen molar-refractivity contribution in [2.24, 2.45) is 0 Å². The van der Waals surface area contributed by atoms with Crippen LogP contribution in [-0.2, 0) is 11.3 Å². The number of hydrogen-bond donors (Lipinski definition) is 2. The van der Waals surface area contributed by atoms with Gasteiger partial charge >= 0.3 is 0 Å². The quantitative estimate of drug-likeness (QED) is 0.799. The largest absolute Gasteiger partial charge is 0.508 e. The van der Waals surface area contributed by atoms with Gasteiger partial charge in [-0.05, 0) is 37.1 Å². The summed E-state index contributed by atoms with van der Waals surface area (Å²) in [5.74, 6) is -0.420. The highest BCUT2D eigenvalue weighted by molar-refractivity contribution is 5.28. The molecule has 1 saturated heterocycles. The van der Waals surface area contributed by atoms with E-state index in [9.17, 15) is 9.50 Å². The van der Waals surface area contributed by atoms with Gasteiger partial charge in [-0.2, -0.15) is 0 Å². The van der Waals surface area contributed by atoms with E-state index in [1.165, 1.54) is 18.9 Å². The van der Waals surface area contributed by atoms with E-state index in [1.807, 2.05) is 0 Å². The maximum absolute atomic E-state index is 13.3. The molecule has 1 heterocycles. The Morgan fingerprint density at radius 3 is 2.95 bits per heavy atom. The number of benzene rings is 1. The lowest BCUT2D eigenvalue weighted by Crippen LogP contribution is -2.38. The van der Waals surface area contributed by atoms with Gasteiger partial charge in [0, 0.05) is 38.9 Å². The first kappa shape index (κ1) is 15.2. The molecule has 2 N–H and O–H groups in total. The van der Waals surface area contributed by atoms with E-state index in [-0.39, 0.29) is 5.75 Å². The van der Waals surface area contributed by atoms with Crippen molar-refractivity contribution < 1.29 is 14.2 Å². The number of methoxy groups -OCH3 is 1. The number of phenolic OH excluding ortho intramolecular Hbond substituents is 1. The number of hydrogen-bond acceptors (Lipinski definition) is 4. The molecule has 1 fully saturated rings. The second-order valence-corrected chi connectivity index (χ2v) is 5.34. The molecule has 4 nitrogen and oxygen atoms in total. The van der Waals surface area contributed by atoms with Gasteiger partial charge in [-0.15, -0.1) is 0 Å². The zero-order valence-corrected chi connectivity index (χ0v) is 11.9. The summed E-state index contributed by atoms with van der Waals surface area (Å²) < 4.78 is 18.5. The summed E-state index contributed by atoms with van der Waals surface area (Å²) in [5.41, 5.74) is 0.789. The zero-order chi connectivity index (χ0) is 14.4. The minimum atomic E-state index is -0.398. The number of nitrogens with zero attached hydrogens (tertiary/aromatic N) is 1. The highest BCUT2D eigenvalue weighted by atomic mass is 19.1. The molecule has 5 heteroatoms. The van der Waals surface area contributed by atoms with Crippen LogP contribution in [0, 0.1) is 5.82 Å². The average Bonchev–Trinajstić information content (AvgIpc) is 2.87. The summed E-state index contributed by atoms with van der Waals surface area (Å²) in [6, 6.07) is 4.71. The summed E-state index contributed by atoms with van der Waals surface area (Å²) in [7, 11) is 1.68. The van der Waals surface area contributed by atoms with Crippen LogP contribution in [0.2, 0.25) is 0 Å². The zero-order valence-electron chi connectivity index (χ0n) is 11.9. The molecule has 20 heavy (non-hydrogen) atoms. The number of nitrogens with one attached hydrogen (secondary N) is 1. The van der Waals surface area contributed by atoms with Crippen molar-refractivity contribution >= 4 is 0 Å². The van der Waals surface area contributed by atoms with Gasteiger partial charge < -0.3 is 15.2 Å². The van der Waals surface area contributed by atoms with Crippen molar-refractivity contribution in [1.29, 1.82) is 0 Å². The Morgan fingerprint density at radius 1 is 1.45 bits per heavy atom. The molecule has 0 spiro atoms. The van der Waals surface area contributed by atoms with Gasteiger partial charge in [0.05, 0.1) is 6.61 Å². The van der Waals surface area contributed by atoms with Crippen molar-refractivity contribution in [1.82, 2.24) is 10.2 Å². The van der Waals surface area contributed by atoms with Gasteiger partial charge in [0.1, 0.15) is 11.6 Å². The van der Waals surface area contributed by atoms with Gasteiger partial charge in [0.2, 0.25) is 0 Å². The number of phenols is 1. The molecule has 1 aromatic rings. The van der Waals surface area contributed by atoms with E-state index in [1.54, 1.807) is 13.2 Å². The maximum Gasteiger partial charge on any atom is 0.127 e. The highest BCUT2D eigenvalue weighted by Crippen LogP contribution is 2.17. The molecule has 0 bridgehead atoms.